The van der Waals surface area contributed by atoms with E-state index in [1.165, 1.54) is 11.1 Å². The van der Waals surface area contributed by atoms with Gasteiger partial charge in [-0.2, -0.15) is 0 Å². The number of hydrogen-bond acceptors (Lipinski definition) is 5. The highest BCUT2D eigenvalue weighted by molar-refractivity contribution is 6.29. The van der Waals surface area contributed by atoms with Crippen molar-refractivity contribution in [3.05, 3.63) is 47.5 Å². The zero-order valence-corrected chi connectivity index (χ0v) is 9.91. The van der Waals surface area contributed by atoms with Crippen molar-refractivity contribution in [1.82, 2.24) is 15.0 Å². The van der Waals surface area contributed by atoms with Crippen molar-refractivity contribution in [3.8, 4) is 0 Å². The van der Waals surface area contributed by atoms with Crippen LogP contribution in [0, 0.1) is 0 Å². The van der Waals surface area contributed by atoms with Crippen molar-refractivity contribution in [2.75, 3.05) is 11.9 Å². The van der Waals surface area contributed by atoms with Crippen LogP contribution >= 0.6 is 11.6 Å². The van der Waals surface area contributed by atoms with E-state index < -0.39 is 6.23 Å². The Morgan fingerprint density at radius 2 is 2.18 bits per heavy atom. The van der Waals surface area contributed by atoms with E-state index in [0.717, 1.165) is 0 Å². The first kappa shape index (κ1) is 11.8. The van der Waals surface area contributed by atoms with Crippen LogP contribution in [-0.4, -0.2) is 27.1 Å². The molecule has 0 aliphatic heterocycles. The minimum Gasteiger partial charge on any atom is -0.369 e. The standard InChI is InChI=1S/C11H11ClN4O/c1-16(11-14-6-4-9(12)15-11)10(17)8-3-2-5-13-7-8/h2-7,10,17H,1H3. The molecule has 0 aromatic carbocycles. The smallest absolute Gasteiger partial charge is 0.228 e. The summed E-state index contributed by atoms with van der Waals surface area (Å²) in [6, 6.07) is 5.11. The fraction of sp³-hybridized carbons (Fsp3) is 0.182. The largest absolute Gasteiger partial charge is 0.369 e. The maximum atomic E-state index is 10.1. The van der Waals surface area contributed by atoms with Gasteiger partial charge < -0.3 is 10.0 Å². The summed E-state index contributed by atoms with van der Waals surface area (Å²) in [5, 5.41) is 10.4. The van der Waals surface area contributed by atoms with Crippen LogP contribution in [0.2, 0.25) is 5.15 Å². The Hall–Kier alpha value is -1.72. The molecule has 2 heterocycles. The summed E-state index contributed by atoms with van der Waals surface area (Å²) in [4.78, 5) is 13.5. The minimum absolute atomic E-state index is 0.334. The van der Waals surface area contributed by atoms with Gasteiger partial charge in [0.15, 0.2) is 6.23 Å². The summed E-state index contributed by atoms with van der Waals surface area (Å²) < 4.78 is 0. The van der Waals surface area contributed by atoms with Gasteiger partial charge >= 0.3 is 0 Å². The van der Waals surface area contributed by atoms with E-state index in [-0.39, 0.29) is 0 Å². The normalized spacial score (nSPS) is 12.2. The average molecular weight is 251 g/mol. The number of rotatable bonds is 3. The monoisotopic (exact) mass is 250 g/mol. The zero-order valence-electron chi connectivity index (χ0n) is 9.16. The van der Waals surface area contributed by atoms with Gasteiger partial charge in [0, 0.05) is 31.2 Å². The van der Waals surface area contributed by atoms with Gasteiger partial charge in [-0.25, -0.2) is 9.97 Å². The quantitative estimate of drug-likeness (QED) is 0.663. The molecule has 0 spiro atoms. The molecular formula is C11H11ClN4O. The number of pyridine rings is 1. The van der Waals surface area contributed by atoms with Crippen molar-refractivity contribution < 1.29 is 5.11 Å². The molecule has 2 aromatic heterocycles. The molecule has 2 rings (SSSR count). The van der Waals surface area contributed by atoms with E-state index in [1.807, 2.05) is 0 Å². The molecule has 0 bridgehead atoms. The highest BCUT2D eigenvalue weighted by atomic mass is 35.5. The number of nitrogens with zero attached hydrogens (tertiary/aromatic N) is 4. The molecule has 0 saturated heterocycles. The summed E-state index contributed by atoms with van der Waals surface area (Å²) in [5.74, 6) is 0.355. The number of aromatic nitrogens is 3. The van der Waals surface area contributed by atoms with Crippen LogP contribution in [-0.2, 0) is 0 Å². The van der Waals surface area contributed by atoms with Crippen molar-refractivity contribution >= 4 is 17.5 Å². The van der Waals surface area contributed by atoms with Crippen LogP contribution in [0.3, 0.4) is 0 Å². The first-order valence-electron chi connectivity index (χ1n) is 4.98. The van der Waals surface area contributed by atoms with Crippen molar-refractivity contribution in [3.63, 3.8) is 0 Å². The molecule has 0 amide bonds. The predicted molar refractivity (Wildman–Crippen MR) is 64.6 cm³/mol. The topological polar surface area (TPSA) is 62.1 Å². The molecule has 5 nitrogen and oxygen atoms in total. The summed E-state index contributed by atoms with van der Waals surface area (Å²) in [6.07, 6.45) is 3.91. The number of aliphatic hydroxyl groups is 1. The van der Waals surface area contributed by atoms with Gasteiger partial charge in [0.25, 0.3) is 0 Å². The fourth-order valence-electron chi connectivity index (χ4n) is 1.36. The lowest BCUT2D eigenvalue weighted by Crippen LogP contribution is -2.25. The molecule has 88 valence electrons. The summed E-state index contributed by atoms with van der Waals surface area (Å²) in [7, 11) is 1.68. The third-order valence-electron chi connectivity index (χ3n) is 2.27. The van der Waals surface area contributed by atoms with E-state index in [9.17, 15) is 5.11 Å². The van der Waals surface area contributed by atoms with Gasteiger partial charge in [-0.05, 0) is 12.1 Å². The van der Waals surface area contributed by atoms with Gasteiger partial charge in [-0.1, -0.05) is 17.7 Å². The molecule has 0 aliphatic carbocycles. The minimum atomic E-state index is -0.859. The van der Waals surface area contributed by atoms with Crippen molar-refractivity contribution in [2.45, 2.75) is 6.23 Å². The zero-order chi connectivity index (χ0) is 12.3. The van der Waals surface area contributed by atoms with Crippen molar-refractivity contribution in [2.24, 2.45) is 0 Å². The Morgan fingerprint density at radius 3 is 2.82 bits per heavy atom. The van der Waals surface area contributed by atoms with Crippen molar-refractivity contribution in [1.29, 1.82) is 0 Å². The van der Waals surface area contributed by atoms with Crippen LogP contribution < -0.4 is 4.90 Å². The third kappa shape index (κ3) is 2.69. The van der Waals surface area contributed by atoms with E-state index in [2.05, 4.69) is 15.0 Å². The van der Waals surface area contributed by atoms with E-state index in [4.69, 9.17) is 11.6 Å². The lowest BCUT2D eigenvalue weighted by molar-refractivity contribution is 0.176. The number of halogens is 1. The molecule has 17 heavy (non-hydrogen) atoms. The molecule has 1 N–H and O–H groups in total. The second-order valence-electron chi connectivity index (χ2n) is 3.45. The second kappa shape index (κ2) is 5.07. The lowest BCUT2D eigenvalue weighted by Gasteiger charge is -2.23. The third-order valence-corrected chi connectivity index (χ3v) is 2.48. The highest BCUT2D eigenvalue weighted by Gasteiger charge is 2.16. The first-order valence-corrected chi connectivity index (χ1v) is 5.35. The molecule has 0 saturated carbocycles. The number of anilines is 1. The Morgan fingerprint density at radius 1 is 1.35 bits per heavy atom. The molecule has 0 fully saturated rings. The Labute approximate surface area is 104 Å². The molecule has 6 heteroatoms. The van der Waals surface area contributed by atoms with E-state index in [0.29, 0.717) is 16.7 Å². The van der Waals surface area contributed by atoms with Gasteiger partial charge in [0.1, 0.15) is 5.15 Å². The fourth-order valence-corrected chi connectivity index (χ4v) is 1.49. The summed E-state index contributed by atoms with van der Waals surface area (Å²) >= 11 is 5.77. The number of hydrogen-bond donors (Lipinski definition) is 1. The van der Waals surface area contributed by atoms with E-state index >= 15 is 0 Å². The molecule has 2 aromatic rings. The molecule has 1 unspecified atom stereocenters. The Bertz CT molecular complexity index is 494. The van der Waals surface area contributed by atoms with Crippen LogP contribution in [0.25, 0.3) is 0 Å². The molecule has 1 atom stereocenters. The molecular weight excluding hydrogens is 240 g/mol. The second-order valence-corrected chi connectivity index (χ2v) is 3.84. The van der Waals surface area contributed by atoms with Crippen LogP contribution in [0.1, 0.15) is 11.8 Å². The van der Waals surface area contributed by atoms with Gasteiger partial charge in [0.05, 0.1) is 0 Å². The van der Waals surface area contributed by atoms with Gasteiger partial charge in [-0.15, -0.1) is 0 Å². The van der Waals surface area contributed by atoms with Crippen LogP contribution in [0.15, 0.2) is 36.8 Å². The maximum absolute atomic E-state index is 10.1. The lowest BCUT2D eigenvalue weighted by atomic mass is 10.2. The van der Waals surface area contributed by atoms with Gasteiger partial charge in [0.2, 0.25) is 5.95 Å². The first-order chi connectivity index (χ1) is 8.18. The average Bonchev–Trinajstić information content (AvgIpc) is 2.38. The molecule has 0 aliphatic rings. The SMILES string of the molecule is CN(c1nccc(Cl)n1)C(O)c1cccnc1. The summed E-state index contributed by atoms with van der Waals surface area (Å²) in [6.45, 7) is 0. The van der Waals surface area contributed by atoms with Crippen LogP contribution in [0.4, 0.5) is 5.95 Å². The maximum Gasteiger partial charge on any atom is 0.228 e. The highest BCUT2D eigenvalue weighted by Crippen LogP contribution is 2.20. The molecule has 0 radical (unpaired) electrons. The Balaban J connectivity index is 2.23. The summed E-state index contributed by atoms with van der Waals surface area (Å²) in [5.41, 5.74) is 0.665. The van der Waals surface area contributed by atoms with Gasteiger partial charge in [-0.3, -0.25) is 4.98 Å². The predicted octanol–water partition coefficient (Wildman–Crippen LogP) is 1.65. The Kier molecular flexibility index (Phi) is 3.51. The number of aliphatic hydroxyl groups excluding tert-OH is 1. The van der Waals surface area contributed by atoms with Crippen LogP contribution in [0.5, 0.6) is 0 Å². The van der Waals surface area contributed by atoms with E-state index in [1.54, 1.807) is 37.6 Å².